The van der Waals surface area contributed by atoms with Crippen molar-refractivity contribution < 1.29 is 35.7 Å². The summed E-state index contributed by atoms with van der Waals surface area (Å²) < 4.78 is 91.1. The van der Waals surface area contributed by atoms with E-state index in [1.54, 1.807) is 37.6 Å². The molecule has 2 atom stereocenters. The summed E-state index contributed by atoms with van der Waals surface area (Å²) in [7, 11) is -2.49. The van der Waals surface area contributed by atoms with Crippen molar-refractivity contribution in [2.24, 2.45) is 10.9 Å². The lowest BCUT2D eigenvalue weighted by Crippen LogP contribution is -2.42. The molecule has 1 aliphatic carbocycles. The van der Waals surface area contributed by atoms with Gasteiger partial charge in [-0.2, -0.15) is 26.3 Å². The molecule has 1 amide bonds. The van der Waals surface area contributed by atoms with Crippen molar-refractivity contribution in [3.05, 3.63) is 48.3 Å². The standard InChI is InChI=1S/C25H33F6N4O2P/c1-5-20(25(29,30)31)22(34-16(2)33-17-10-12-18(13-11-17)38(3,4)37)35-21-9-7-6-8-19(21)23(36)32-15-14-24(26,27)28/h5,10-13,19,21,33H,2,6-9,14-15H2,1,3-4H3,(H,32,36)(H,34,35)/b20-5+. The molecule has 2 unspecified atom stereocenters. The lowest BCUT2D eigenvalue weighted by Gasteiger charge is -2.29. The van der Waals surface area contributed by atoms with E-state index in [0.717, 1.165) is 6.08 Å². The third-order valence-corrected chi connectivity index (χ3v) is 7.51. The van der Waals surface area contributed by atoms with E-state index >= 15 is 0 Å². The molecule has 0 saturated heterocycles. The van der Waals surface area contributed by atoms with E-state index in [4.69, 9.17) is 0 Å². The van der Waals surface area contributed by atoms with Gasteiger partial charge in [-0.25, -0.2) is 0 Å². The summed E-state index contributed by atoms with van der Waals surface area (Å²) in [5.74, 6) is -2.12. The lowest BCUT2D eigenvalue weighted by atomic mass is 9.84. The van der Waals surface area contributed by atoms with Gasteiger partial charge in [0.25, 0.3) is 0 Å². The Balaban J connectivity index is 2.27. The van der Waals surface area contributed by atoms with Gasteiger partial charge in [-0.05, 0) is 57.4 Å². The first kappa shape index (κ1) is 31.5. The molecule has 1 fully saturated rings. The summed E-state index contributed by atoms with van der Waals surface area (Å²) in [4.78, 5) is 16.9. The highest BCUT2D eigenvalue weighted by Crippen LogP contribution is 2.35. The van der Waals surface area contributed by atoms with Gasteiger partial charge in [0.1, 0.15) is 18.8 Å². The van der Waals surface area contributed by atoms with Crippen LogP contribution in [0.3, 0.4) is 0 Å². The number of benzene rings is 1. The smallest absolute Gasteiger partial charge is 0.355 e. The zero-order chi connectivity index (χ0) is 28.7. The number of rotatable bonds is 9. The number of nitrogens with one attached hydrogen (secondary N) is 3. The molecule has 1 aromatic carbocycles. The topological polar surface area (TPSA) is 82.6 Å². The maximum atomic E-state index is 13.8. The molecule has 0 aliphatic heterocycles. The average molecular weight is 567 g/mol. The van der Waals surface area contributed by atoms with Crippen molar-refractivity contribution in [1.82, 2.24) is 10.6 Å². The first-order valence-corrected chi connectivity index (χ1v) is 14.7. The van der Waals surface area contributed by atoms with E-state index < -0.39 is 61.7 Å². The zero-order valence-corrected chi connectivity index (χ0v) is 22.4. The Morgan fingerprint density at radius 1 is 1.11 bits per heavy atom. The van der Waals surface area contributed by atoms with E-state index in [2.05, 4.69) is 27.5 Å². The molecular formula is C25H33F6N4O2P. The molecule has 212 valence electrons. The van der Waals surface area contributed by atoms with E-state index in [9.17, 15) is 35.7 Å². The van der Waals surface area contributed by atoms with Crippen molar-refractivity contribution in [1.29, 1.82) is 0 Å². The molecule has 0 heterocycles. The SMILES string of the molecule is C=C(NC(=NC1CCCCC1C(=O)NCCC(F)(F)F)/C(=C\C)C(F)(F)F)Nc1ccc(P(C)(C)=O)cc1. The summed E-state index contributed by atoms with van der Waals surface area (Å²) in [6, 6.07) is 5.64. The number of nitrogens with zero attached hydrogens (tertiary/aromatic N) is 1. The van der Waals surface area contributed by atoms with Crippen molar-refractivity contribution in [2.75, 3.05) is 25.2 Å². The number of allylic oxidation sites excluding steroid dienone is 1. The Hall–Kier alpha value is -2.75. The molecule has 1 saturated carbocycles. The quantitative estimate of drug-likeness (QED) is 0.150. The third-order valence-electron chi connectivity index (χ3n) is 5.97. The number of halogens is 6. The van der Waals surface area contributed by atoms with Crippen LogP contribution in [0.2, 0.25) is 0 Å². The van der Waals surface area contributed by atoms with Crippen molar-refractivity contribution in [3.8, 4) is 0 Å². The maximum absolute atomic E-state index is 13.8. The molecule has 1 aromatic rings. The Morgan fingerprint density at radius 3 is 2.24 bits per heavy atom. The molecule has 13 heteroatoms. The summed E-state index contributed by atoms with van der Waals surface area (Å²) >= 11 is 0. The van der Waals surface area contributed by atoms with Crippen LogP contribution in [0.1, 0.15) is 39.0 Å². The highest BCUT2D eigenvalue weighted by molar-refractivity contribution is 7.70. The number of hydrogen-bond acceptors (Lipinski definition) is 4. The Kier molecular flexibility index (Phi) is 10.7. The summed E-state index contributed by atoms with van der Waals surface area (Å²) in [6.07, 6.45) is -7.77. The fourth-order valence-electron chi connectivity index (χ4n) is 4.05. The number of anilines is 1. The Labute approximate surface area is 218 Å². The normalized spacial score (nSPS) is 19.6. The van der Waals surface area contributed by atoms with Crippen molar-refractivity contribution in [3.63, 3.8) is 0 Å². The summed E-state index contributed by atoms with van der Waals surface area (Å²) in [5.41, 5.74) is -0.594. The minimum atomic E-state index is -4.77. The second kappa shape index (κ2) is 12.9. The number of alkyl halides is 6. The van der Waals surface area contributed by atoms with Crippen LogP contribution in [-0.2, 0) is 9.36 Å². The molecule has 1 aliphatic rings. The average Bonchev–Trinajstić information content (AvgIpc) is 2.77. The van der Waals surface area contributed by atoms with Gasteiger partial charge in [-0.3, -0.25) is 9.79 Å². The zero-order valence-electron chi connectivity index (χ0n) is 21.5. The van der Waals surface area contributed by atoms with E-state index in [0.29, 0.717) is 36.7 Å². The predicted octanol–water partition coefficient (Wildman–Crippen LogP) is 5.94. The molecule has 3 N–H and O–H groups in total. The molecule has 0 spiro atoms. The van der Waals surface area contributed by atoms with Gasteiger partial charge in [0.15, 0.2) is 0 Å². The largest absolute Gasteiger partial charge is 0.419 e. The number of amides is 1. The summed E-state index contributed by atoms with van der Waals surface area (Å²) in [6.45, 7) is 7.54. The minimum Gasteiger partial charge on any atom is -0.355 e. The number of carbonyl (C=O) groups is 1. The van der Waals surface area contributed by atoms with Crippen LogP contribution < -0.4 is 21.3 Å². The van der Waals surface area contributed by atoms with Crippen LogP contribution in [0.5, 0.6) is 0 Å². The Bertz CT molecular complexity index is 1090. The van der Waals surface area contributed by atoms with Crippen LogP contribution in [0.15, 0.2) is 53.3 Å². The predicted molar refractivity (Wildman–Crippen MR) is 138 cm³/mol. The van der Waals surface area contributed by atoms with Crippen molar-refractivity contribution in [2.45, 2.75) is 57.4 Å². The van der Waals surface area contributed by atoms with E-state index in [1.165, 1.54) is 6.92 Å². The highest BCUT2D eigenvalue weighted by Gasteiger charge is 2.39. The van der Waals surface area contributed by atoms with Crippen molar-refractivity contribution >= 4 is 29.9 Å². The molecule has 38 heavy (non-hydrogen) atoms. The molecule has 0 bridgehead atoms. The van der Waals surface area contributed by atoms with E-state index in [-0.39, 0.29) is 5.82 Å². The van der Waals surface area contributed by atoms with E-state index in [1.807, 2.05) is 0 Å². The van der Waals surface area contributed by atoms with Crippen LogP contribution in [0.4, 0.5) is 32.0 Å². The maximum Gasteiger partial charge on any atom is 0.419 e. The Morgan fingerprint density at radius 2 is 1.71 bits per heavy atom. The fraction of sp³-hybridized carbons (Fsp3) is 0.520. The van der Waals surface area contributed by atoms with Gasteiger partial charge in [0.05, 0.1) is 24.0 Å². The van der Waals surface area contributed by atoms with Gasteiger partial charge in [-0.15, -0.1) is 0 Å². The number of amidine groups is 1. The van der Waals surface area contributed by atoms with Gasteiger partial charge >= 0.3 is 12.4 Å². The number of hydrogen-bond donors (Lipinski definition) is 3. The van der Waals surface area contributed by atoms with Crippen LogP contribution in [0, 0.1) is 5.92 Å². The second-order valence-corrected chi connectivity index (χ2v) is 12.6. The molecule has 2 rings (SSSR count). The van der Waals surface area contributed by atoms with Crippen LogP contribution in [-0.4, -0.2) is 50.0 Å². The first-order valence-electron chi connectivity index (χ1n) is 12.1. The highest BCUT2D eigenvalue weighted by atomic mass is 31.2. The van der Waals surface area contributed by atoms with Gasteiger partial charge in [-0.1, -0.05) is 25.5 Å². The third kappa shape index (κ3) is 9.85. The number of carbonyl (C=O) groups excluding carboxylic acids is 1. The number of aliphatic imine (C=N–C) groups is 1. The lowest BCUT2D eigenvalue weighted by molar-refractivity contribution is -0.137. The summed E-state index contributed by atoms with van der Waals surface area (Å²) in [5, 5.41) is 8.27. The second-order valence-electron chi connectivity index (χ2n) is 9.42. The van der Waals surface area contributed by atoms with Gasteiger partial charge in [0.2, 0.25) is 5.91 Å². The molecule has 0 aromatic heterocycles. The monoisotopic (exact) mass is 566 g/mol. The van der Waals surface area contributed by atoms with Crippen LogP contribution in [0.25, 0.3) is 0 Å². The first-order chi connectivity index (χ1) is 17.5. The van der Waals surface area contributed by atoms with Gasteiger partial charge < -0.3 is 20.5 Å². The molecular weight excluding hydrogens is 533 g/mol. The van der Waals surface area contributed by atoms with Crippen LogP contribution >= 0.6 is 7.14 Å². The minimum absolute atomic E-state index is 0.0294. The molecule has 6 nitrogen and oxygen atoms in total. The van der Waals surface area contributed by atoms with Gasteiger partial charge in [0, 0.05) is 17.5 Å². The fourth-order valence-corrected chi connectivity index (χ4v) is 4.92. The molecule has 0 radical (unpaired) electrons.